The van der Waals surface area contributed by atoms with E-state index >= 15 is 0 Å². The molecule has 9 heteroatoms. The molecule has 0 radical (unpaired) electrons. The molecule has 0 aromatic carbocycles. The summed E-state index contributed by atoms with van der Waals surface area (Å²) < 4.78 is 5.83. The van der Waals surface area contributed by atoms with Gasteiger partial charge in [0.05, 0.1) is 17.6 Å². The zero-order chi connectivity index (χ0) is 10.7. The molecule has 0 atom stereocenters. The van der Waals surface area contributed by atoms with Gasteiger partial charge in [-0.3, -0.25) is 0 Å². The Hall–Kier alpha value is -2.08. The molecule has 0 bridgehead atoms. The van der Waals surface area contributed by atoms with E-state index in [1.54, 1.807) is 0 Å². The second-order valence-corrected chi connectivity index (χ2v) is 3.25. The van der Waals surface area contributed by atoms with E-state index in [1.165, 1.54) is 10.9 Å². The van der Waals surface area contributed by atoms with Gasteiger partial charge >= 0.3 is 0 Å². The number of nitriles is 1. The van der Waals surface area contributed by atoms with Crippen LogP contribution in [0.5, 0.6) is 0 Å². The van der Waals surface area contributed by atoms with Gasteiger partial charge in [0, 0.05) is 0 Å². The van der Waals surface area contributed by atoms with Crippen molar-refractivity contribution < 1.29 is 4.63 Å². The van der Waals surface area contributed by atoms with Crippen LogP contribution in [-0.4, -0.2) is 25.3 Å². The zero-order valence-electron chi connectivity index (χ0n) is 7.36. The summed E-state index contributed by atoms with van der Waals surface area (Å²) in [6.45, 7) is 0. The Labute approximate surface area is 88.0 Å². The van der Waals surface area contributed by atoms with Gasteiger partial charge in [0.25, 0.3) is 0 Å². The maximum absolute atomic E-state index is 8.43. The van der Waals surface area contributed by atoms with Crippen LogP contribution >= 0.6 is 11.8 Å². The highest BCUT2D eigenvalue weighted by Crippen LogP contribution is 2.15. The molecule has 0 aliphatic heterocycles. The van der Waals surface area contributed by atoms with Crippen molar-refractivity contribution in [3.63, 3.8) is 0 Å². The zero-order valence-corrected chi connectivity index (χ0v) is 8.18. The molecule has 0 unspecified atom stereocenters. The molecule has 2 heterocycles. The largest absolute Gasteiger partial charge is 0.378 e. The molecular formula is C6H5N7OS. The Kier molecular flexibility index (Phi) is 2.51. The Bertz CT molecular complexity index is 498. The third-order valence-electron chi connectivity index (χ3n) is 1.60. The molecule has 0 fully saturated rings. The molecule has 2 aromatic rings. The minimum atomic E-state index is 0.128. The third-order valence-corrected chi connectivity index (χ3v) is 2.17. The number of hydrogen-bond donors (Lipinski definition) is 1. The molecule has 2 N–H and O–H groups in total. The molecule has 0 aliphatic rings. The van der Waals surface area contributed by atoms with Crippen molar-refractivity contribution in [3.8, 4) is 11.2 Å². The third kappa shape index (κ3) is 1.75. The summed E-state index contributed by atoms with van der Waals surface area (Å²) >= 11 is 1.07. The number of nitrogen functional groups attached to an aromatic ring is 1. The summed E-state index contributed by atoms with van der Waals surface area (Å²) in [5, 5.41) is 24.9. The lowest BCUT2D eigenvalue weighted by Crippen LogP contribution is -2.04. The van der Waals surface area contributed by atoms with Gasteiger partial charge in [-0.2, -0.15) is 9.94 Å². The fourth-order valence-corrected chi connectivity index (χ4v) is 1.39. The lowest BCUT2D eigenvalue weighted by molar-refractivity contribution is 0.306. The average Bonchev–Trinajstić information content (AvgIpc) is 2.82. The second kappa shape index (κ2) is 3.97. The molecule has 2 rings (SSSR count). The quantitative estimate of drug-likeness (QED) is 0.719. The molecule has 0 saturated heterocycles. The standard InChI is InChI=1S/C6H5N7OS/c7-3-15-2-4-1-9-12-13(4)6-5(8)10-14-11-6/h1H,2H2,(H2,8,10). The van der Waals surface area contributed by atoms with Crippen LogP contribution in [0.15, 0.2) is 10.8 Å². The summed E-state index contributed by atoms with van der Waals surface area (Å²) in [6, 6.07) is 0. The van der Waals surface area contributed by atoms with E-state index in [4.69, 9.17) is 11.0 Å². The number of thioether (sulfide) groups is 1. The van der Waals surface area contributed by atoms with E-state index in [0.717, 1.165) is 11.8 Å². The molecule has 0 spiro atoms. The minimum absolute atomic E-state index is 0.128. The van der Waals surface area contributed by atoms with Gasteiger partial charge in [0.1, 0.15) is 5.40 Å². The maximum atomic E-state index is 8.43. The summed E-state index contributed by atoms with van der Waals surface area (Å²) in [5.41, 5.74) is 6.20. The monoisotopic (exact) mass is 223 g/mol. The molecule has 15 heavy (non-hydrogen) atoms. The number of hydrogen-bond acceptors (Lipinski definition) is 8. The van der Waals surface area contributed by atoms with Crippen LogP contribution in [0.4, 0.5) is 5.82 Å². The SMILES string of the molecule is N#CSCc1cnnn1-c1nonc1N. The number of nitrogens with zero attached hydrogens (tertiary/aromatic N) is 6. The average molecular weight is 223 g/mol. The predicted molar refractivity (Wildman–Crippen MR) is 50.5 cm³/mol. The van der Waals surface area contributed by atoms with E-state index < -0.39 is 0 Å². The first-order valence-electron chi connectivity index (χ1n) is 3.82. The molecule has 0 amide bonds. The Morgan fingerprint density at radius 3 is 3.13 bits per heavy atom. The van der Waals surface area contributed by atoms with Crippen LogP contribution in [0.1, 0.15) is 5.69 Å². The van der Waals surface area contributed by atoms with Gasteiger partial charge < -0.3 is 5.73 Å². The van der Waals surface area contributed by atoms with Crippen LogP contribution in [0, 0.1) is 10.7 Å². The highest BCUT2D eigenvalue weighted by atomic mass is 32.2. The summed E-state index contributed by atoms with van der Waals surface area (Å²) in [4.78, 5) is 0. The van der Waals surface area contributed by atoms with Crippen LogP contribution in [0.3, 0.4) is 0 Å². The highest BCUT2D eigenvalue weighted by molar-refractivity contribution is 8.02. The number of rotatable bonds is 3. The van der Waals surface area contributed by atoms with Crippen molar-refractivity contribution in [2.75, 3.05) is 5.73 Å². The van der Waals surface area contributed by atoms with E-state index in [2.05, 4.69) is 25.3 Å². The molecule has 2 aromatic heterocycles. The summed E-state index contributed by atoms with van der Waals surface area (Å²) in [5.74, 6) is 0.847. The normalized spacial score (nSPS) is 10.1. The van der Waals surface area contributed by atoms with Crippen LogP contribution in [0.25, 0.3) is 5.82 Å². The number of anilines is 1. The van der Waals surface area contributed by atoms with Crippen LogP contribution < -0.4 is 5.73 Å². The Morgan fingerprint density at radius 2 is 2.47 bits per heavy atom. The van der Waals surface area contributed by atoms with Gasteiger partial charge in [-0.1, -0.05) is 5.21 Å². The van der Waals surface area contributed by atoms with Crippen molar-refractivity contribution in [3.05, 3.63) is 11.9 Å². The fraction of sp³-hybridized carbons (Fsp3) is 0.167. The van der Waals surface area contributed by atoms with Gasteiger partial charge in [-0.05, 0) is 22.1 Å². The maximum Gasteiger partial charge on any atom is 0.243 e. The summed E-state index contributed by atoms with van der Waals surface area (Å²) in [6.07, 6.45) is 1.53. The summed E-state index contributed by atoms with van der Waals surface area (Å²) in [7, 11) is 0. The van der Waals surface area contributed by atoms with Crippen LogP contribution in [-0.2, 0) is 5.75 Å². The number of aromatic nitrogens is 5. The first-order chi connectivity index (χ1) is 7.33. The van der Waals surface area contributed by atoms with E-state index in [-0.39, 0.29) is 11.6 Å². The second-order valence-electron chi connectivity index (χ2n) is 2.49. The van der Waals surface area contributed by atoms with Gasteiger partial charge in [0.2, 0.25) is 11.6 Å². The van der Waals surface area contributed by atoms with Gasteiger partial charge in [0.15, 0.2) is 0 Å². The molecule has 0 saturated carbocycles. The van der Waals surface area contributed by atoms with Crippen molar-refractivity contribution in [2.45, 2.75) is 5.75 Å². The van der Waals surface area contributed by atoms with E-state index in [0.29, 0.717) is 11.4 Å². The van der Waals surface area contributed by atoms with Crippen molar-refractivity contribution >= 4 is 17.6 Å². The minimum Gasteiger partial charge on any atom is -0.378 e. The lowest BCUT2D eigenvalue weighted by Gasteiger charge is -1.98. The molecule has 8 nitrogen and oxygen atoms in total. The Balaban J connectivity index is 2.33. The van der Waals surface area contributed by atoms with E-state index in [1.807, 2.05) is 5.40 Å². The predicted octanol–water partition coefficient (Wildman–Crippen LogP) is -0.0532. The van der Waals surface area contributed by atoms with Crippen molar-refractivity contribution in [1.82, 2.24) is 25.3 Å². The van der Waals surface area contributed by atoms with E-state index in [9.17, 15) is 0 Å². The topological polar surface area (TPSA) is 119 Å². The highest BCUT2D eigenvalue weighted by Gasteiger charge is 2.13. The fourth-order valence-electron chi connectivity index (χ4n) is 0.977. The van der Waals surface area contributed by atoms with Gasteiger partial charge in [-0.15, -0.1) is 5.10 Å². The lowest BCUT2D eigenvalue weighted by atomic mass is 10.5. The number of nitrogens with two attached hydrogens (primary N) is 1. The number of thiocyanates is 1. The smallest absolute Gasteiger partial charge is 0.243 e. The first-order valence-corrected chi connectivity index (χ1v) is 4.80. The Morgan fingerprint density at radius 1 is 1.60 bits per heavy atom. The molecule has 76 valence electrons. The molecule has 0 aliphatic carbocycles. The van der Waals surface area contributed by atoms with Gasteiger partial charge in [-0.25, -0.2) is 4.63 Å². The van der Waals surface area contributed by atoms with Crippen molar-refractivity contribution in [1.29, 1.82) is 5.26 Å². The van der Waals surface area contributed by atoms with Crippen molar-refractivity contribution in [2.24, 2.45) is 0 Å². The molecular weight excluding hydrogens is 218 g/mol. The van der Waals surface area contributed by atoms with Crippen LogP contribution in [0.2, 0.25) is 0 Å². The first kappa shape index (κ1) is 9.47.